The fraction of sp³-hybridized carbons (Fsp3) is 0.0714. The van der Waals surface area contributed by atoms with Crippen molar-refractivity contribution >= 4 is 29.3 Å². The van der Waals surface area contributed by atoms with Crippen LogP contribution in [-0.2, 0) is 0 Å². The molecule has 0 spiro atoms. The van der Waals surface area contributed by atoms with Crippen LogP contribution in [0.4, 0.5) is 0 Å². The molecule has 2 rings (SSSR count). The molecule has 0 saturated heterocycles. The second kappa shape index (κ2) is 5.99. The summed E-state index contributed by atoms with van der Waals surface area (Å²) in [5.74, 6) is -0.306. The van der Waals surface area contributed by atoms with Gasteiger partial charge >= 0.3 is 5.97 Å². The zero-order chi connectivity index (χ0) is 13.8. The number of hydrogen-bond donors (Lipinski definition) is 1. The van der Waals surface area contributed by atoms with E-state index in [0.717, 1.165) is 10.6 Å². The third-order valence-electron chi connectivity index (χ3n) is 2.46. The van der Waals surface area contributed by atoms with E-state index in [9.17, 15) is 9.90 Å². The molecule has 3 nitrogen and oxygen atoms in total. The minimum absolute atomic E-state index is 0.122. The number of carbonyl (C=O) groups is 1. The Morgan fingerprint density at radius 1 is 1.26 bits per heavy atom. The van der Waals surface area contributed by atoms with Gasteiger partial charge in [-0.05, 0) is 30.3 Å². The Bertz CT molecular complexity index is 613. The molecule has 0 radical (unpaired) electrons. The minimum atomic E-state index is -1.03. The molecule has 0 fully saturated rings. The van der Waals surface area contributed by atoms with Crippen LogP contribution in [0, 0.1) is 0 Å². The molecule has 5 heteroatoms. The van der Waals surface area contributed by atoms with Gasteiger partial charge in [-0.2, -0.15) is 0 Å². The zero-order valence-electron chi connectivity index (χ0n) is 10.1. The van der Waals surface area contributed by atoms with Crippen molar-refractivity contribution in [2.24, 2.45) is 0 Å². The minimum Gasteiger partial charge on any atom is -0.497 e. The Labute approximate surface area is 120 Å². The van der Waals surface area contributed by atoms with Crippen LogP contribution in [0.1, 0.15) is 10.4 Å². The molecule has 0 bridgehead atoms. The first kappa shape index (κ1) is 13.8. The molecule has 19 heavy (non-hydrogen) atoms. The summed E-state index contributed by atoms with van der Waals surface area (Å²) in [6.45, 7) is 0. The number of benzene rings is 2. The smallest absolute Gasteiger partial charge is 0.338 e. The highest BCUT2D eigenvalue weighted by molar-refractivity contribution is 7.99. The molecule has 98 valence electrons. The lowest BCUT2D eigenvalue weighted by molar-refractivity contribution is 0.0693. The Balaban J connectivity index is 2.38. The molecule has 1 N–H and O–H groups in total. The van der Waals surface area contributed by atoms with Crippen LogP contribution in [0.15, 0.2) is 52.3 Å². The maximum absolute atomic E-state index is 11.2. The average Bonchev–Trinajstić information content (AvgIpc) is 2.38. The molecular formula is C14H11ClO3S. The largest absolute Gasteiger partial charge is 0.497 e. The maximum Gasteiger partial charge on any atom is 0.338 e. The van der Waals surface area contributed by atoms with Gasteiger partial charge in [-0.25, -0.2) is 4.79 Å². The van der Waals surface area contributed by atoms with Crippen molar-refractivity contribution < 1.29 is 14.6 Å². The van der Waals surface area contributed by atoms with Crippen LogP contribution in [0.3, 0.4) is 0 Å². The van der Waals surface area contributed by atoms with Gasteiger partial charge in [0.2, 0.25) is 0 Å². The summed E-state index contributed by atoms with van der Waals surface area (Å²) < 4.78 is 5.14. The summed E-state index contributed by atoms with van der Waals surface area (Å²) in [5.41, 5.74) is 0.122. The van der Waals surface area contributed by atoms with Crippen molar-refractivity contribution in [2.75, 3.05) is 7.11 Å². The molecule has 0 saturated carbocycles. The van der Waals surface area contributed by atoms with E-state index in [1.165, 1.54) is 11.8 Å². The van der Waals surface area contributed by atoms with Crippen molar-refractivity contribution in [3.8, 4) is 5.75 Å². The van der Waals surface area contributed by atoms with Gasteiger partial charge in [-0.15, -0.1) is 0 Å². The standard InChI is InChI=1S/C14H11ClO3S/c1-18-9-4-2-5-10(8-9)19-12-7-3-6-11(15)13(12)14(16)17/h2-8H,1H3,(H,16,17). The molecule has 0 atom stereocenters. The first-order chi connectivity index (χ1) is 9.11. The van der Waals surface area contributed by atoms with Crippen LogP contribution in [0.5, 0.6) is 5.75 Å². The lowest BCUT2D eigenvalue weighted by Crippen LogP contribution is -1.99. The van der Waals surface area contributed by atoms with E-state index >= 15 is 0 Å². The van der Waals surface area contributed by atoms with Gasteiger partial charge in [0, 0.05) is 9.79 Å². The third kappa shape index (κ3) is 3.22. The van der Waals surface area contributed by atoms with E-state index in [2.05, 4.69) is 0 Å². The summed E-state index contributed by atoms with van der Waals surface area (Å²) in [5, 5.41) is 9.44. The van der Waals surface area contributed by atoms with Crippen molar-refractivity contribution in [2.45, 2.75) is 9.79 Å². The predicted molar refractivity (Wildman–Crippen MR) is 75.5 cm³/mol. The number of rotatable bonds is 4. The molecule has 2 aromatic rings. The highest BCUT2D eigenvalue weighted by Crippen LogP contribution is 2.35. The predicted octanol–water partition coefficient (Wildman–Crippen LogP) is 4.20. The fourth-order valence-corrected chi connectivity index (χ4v) is 2.92. The van der Waals surface area contributed by atoms with Gasteiger partial charge in [-0.3, -0.25) is 0 Å². The van der Waals surface area contributed by atoms with Gasteiger partial charge < -0.3 is 9.84 Å². The number of carboxylic acids is 1. The van der Waals surface area contributed by atoms with Crippen molar-refractivity contribution in [3.63, 3.8) is 0 Å². The first-order valence-corrected chi connectivity index (χ1v) is 6.65. The van der Waals surface area contributed by atoms with E-state index in [1.54, 1.807) is 25.3 Å². The topological polar surface area (TPSA) is 46.5 Å². The molecule has 0 aliphatic rings. The monoisotopic (exact) mass is 294 g/mol. The van der Waals surface area contributed by atoms with E-state index in [1.807, 2.05) is 24.3 Å². The zero-order valence-corrected chi connectivity index (χ0v) is 11.7. The first-order valence-electron chi connectivity index (χ1n) is 5.45. The summed E-state index contributed by atoms with van der Waals surface area (Å²) in [6, 6.07) is 12.5. The molecule has 0 aromatic heterocycles. The summed E-state index contributed by atoms with van der Waals surface area (Å²) in [6.07, 6.45) is 0. The summed E-state index contributed by atoms with van der Waals surface area (Å²) >= 11 is 7.27. The number of methoxy groups -OCH3 is 1. The summed E-state index contributed by atoms with van der Waals surface area (Å²) in [4.78, 5) is 12.7. The SMILES string of the molecule is COc1cccc(Sc2cccc(Cl)c2C(=O)O)c1. The van der Waals surface area contributed by atoms with Crippen molar-refractivity contribution in [3.05, 3.63) is 53.1 Å². The Kier molecular flexibility index (Phi) is 4.35. The molecule has 0 unspecified atom stereocenters. The van der Waals surface area contributed by atoms with Crippen LogP contribution in [0.25, 0.3) is 0 Å². The van der Waals surface area contributed by atoms with Crippen molar-refractivity contribution in [1.82, 2.24) is 0 Å². The van der Waals surface area contributed by atoms with Gasteiger partial charge in [0.05, 0.1) is 17.7 Å². The van der Waals surface area contributed by atoms with Crippen LogP contribution in [-0.4, -0.2) is 18.2 Å². The molecular weight excluding hydrogens is 284 g/mol. The fourth-order valence-electron chi connectivity index (χ4n) is 1.59. The molecule has 0 amide bonds. The third-order valence-corrected chi connectivity index (χ3v) is 3.82. The van der Waals surface area contributed by atoms with Crippen LogP contribution < -0.4 is 4.74 Å². The van der Waals surface area contributed by atoms with Crippen LogP contribution >= 0.6 is 23.4 Å². The quantitative estimate of drug-likeness (QED) is 0.918. The Hall–Kier alpha value is -1.65. The normalized spacial score (nSPS) is 10.2. The number of carboxylic acid groups (broad SMARTS) is 1. The highest BCUT2D eigenvalue weighted by Gasteiger charge is 2.15. The number of ether oxygens (including phenoxy) is 1. The van der Waals surface area contributed by atoms with Gasteiger partial charge in [0.1, 0.15) is 5.75 Å². The van der Waals surface area contributed by atoms with E-state index < -0.39 is 5.97 Å². The van der Waals surface area contributed by atoms with E-state index in [0.29, 0.717) is 4.90 Å². The number of aromatic carboxylic acids is 1. The van der Waals surface area contributed by atoms with E-state index in [-0.39, 0.29) is 10.6 Å². The van der Waals surface area contributed by atoms with E-state index in [4.69, 9.17) is 16.3 Å². The maximum atomic E-state index is 11.2. The molecule has 0 heterocycles. The van der Waals surface area contributed by atoms with Gasteiger partial charge in [-0.1, -0.05) is 35.5 Å². The Morgan fingerprint density at radius 2 is 2.00 bits per heavy atom. The second-order valence-electron chi connectivity index (χ2n) is 3.70. The summed E-state index contributed by atoms with van der Waals surface area (Å²) in [7, 11) is 1.59. The van der Waals surface area contributed by atoms with Gasteiger partial charge in [0.25, 0.3) is 0 Å². The highest BCUT2D eigenvalue weighted by atomic mass is 35.5. The van der Waals surface area contributed by atoms with Crippen molar-refractivity contribution in [1.29, 1.82) is 0 Å². The second-order valence-corrected chi connectivity index (χ2v) is 5.22. The number of halogens is 1. The van der Waals surface area contributed by atoms with Crippen LogP contribution in [0.2, 0.25) is 5.02 Å². The average molecular weight is 295 g/mol. The molecule has 0 aliphatic heterocycles. The van der Waals surface area contributed by atoms with Gasteiger partial charge in [0.15, 0.2) is 0 Å². The lowest BCUT2D eigenvalue weighted by atomic mass is 10.2. The Morgan fingerprint density at radius 3 is 2.68 bits per heavy atom. The molecule has 2 aromatic carbocycles. The molecule has 0 aliphatic carbocycles. The lowest BCUT2D eigenvalue weighted by Gasteiger charge is -2.08. The number of hydrogen-bond acceptors (Lipinski definition) is 3.